The van der Waals surface area contributed by atoms with Gasteiger partial charge in [0.05, 0.1) is 33.6 Å². The van der Waals surface area contributed by atoms with E-state index >= 15 is 0 Å². The van der Waals surface area contributed by atoms with Crippen LogP contribution in [0.3, 0.4) is 0 Å². The molecule has 0 atom stereocenters. The summed E-state index contributed by atoms with van der Waals surface area (Å²) in [7, 11) is 0. The molecule has 7 nitrogen and oxygen atoms in total. The highest BCUT2D eigenvalue weighted by Crippen LogP contribution is 2.33. The number of imide groups is 1. The second-order valence-electron chi connectivity index (χ2n) is 9.77. The second-order valence-corrected chi connectivity index (χ2v) is 10.7. The highest BCUT2D eigenvalue weighted by atomic mass is 79.9. The summed E-state index contributed by atoms with van der Waals surface area (Å²) in [6.07, 6.45) is 0.673. The number of nitrogens with zero attached hydrogens (tertiary/aromatic N) is 2. The highest BCUT2D eigenvalue weighted by Gasteiger charge is 2.36. The summed E-state index contributed by atoms with van der Waals surface area (Å²) in [4.78, 5) is 57.9. The molecule has 0 N–H and O–H groups in total. The summed E-state index contributed by atoms with van der Waals surface area (Å²) in [6, 6.07) is 27.7. The zero-order valence-corrected chi connectivity index (χ0v) is 24.1. The lowest BCUT2D eigenvalue weighted by Gasteiger charge is -2.15. The molecule has 8 heteroatoms. The quantitative estimate of drug-likeness (QED) is 0.110. The lowest BCUT2D eigenvalue weighted by Crippen LogP contribution is -2.29. The SMILES string of the molecule is CCc1cc(Br)cc2c(C(=O)OCC(=O)c3ccccc3)cc(-c3ccc(N4C(=O)c5ccccc5C4=O)cc3)nc12. The van der Waals surface area contributed by atoms with Gasteiger partial charge in [-0.1, -0.05) is 77.5 Å². The summed E-state index contributed by atoms with van der Waals surface area (Å²) >= 11 is 3.53. The topological polar surface area (TPSA) is 93.6 Å². The predicted octanol–water partition coefficient (Wildman–Crippen LogP) is 7.07. The minimum absolute atomic E-state index is 0.274. The summed E-state index contributed by atoms with van der Waals surface area (Å²) in [5.74, 6) is -1.70. The van der Waals surface area contributed by atoms with Crippen molar-refractivity contribution >= 4 is 56.1 Å². The molecule has 5 aromatic rings. The Kier molecular flexibility index (Phi) is 7.22. The fourth-order valence-corrected chi connectivity index (χ4v) is 5.57. The normalized spacial score (nSPS) is 12.5. The molecule has 0 saturated carbocycles. The van der Waals surface area contributed by atoms with Crippen LogP contribution in [0, 0.1) is 0 Å². The first-order chi connectivity index (χ1) is 20.4. The lowest BCUT2D eigenvalue weighted by molar-refractivity contribution is 0.0476. The Balaban J connectivity index is 1.35. The molecule has 0 saturated heterocycles. The third kappa shape index (κ3) is 4.90. The number of ether oxygens (including phenoxy) is 1. The summed E-state index contributed by atoms with van der Waals surface area (Å²) in [5, 5.41) is 0.602. The monoisotopic (exact) mass is 618 g/mol. The molecule has 2 heterocycles. The Morgan fingerprint density at radius 3 is 2.12 bits per heavy atom. The number of hydrogen-bond donors (Lipinski definition) is 0. The number of carbonyl (C=O) groups excluding carboxylic acids is 4. The van der Waals surface area contributed by atoms with Gasteiger partial charge in [0, 0.05) is 21.0 Å². The van der Waals surface area contributed by atoms with E-state index in [0.717, 1.165) is 14.9 Å². The van der Waals surface area contributed by atoms with Crippen LogP contribution in [0.1, 0.15) is 53.9 Å². The van der Waals surface area contributed by atoms with Gasteiger partial charge in [-0.2, -0.15) is 0 Å². The van der Waals surface area contributed by atoms with Gasteiger partial charge in [-0.15, -0.1) is 0 Å². The van der Waals surface area contributed by atoms with E-state index in [-0.39, 0.29) is 23.2 Å². The van der Waals surface area contributed by atoms with E-state index in [1.165, 1.54) is 0 Å². The number of esters is 1. The number of rotatable bonds is 7. The number of ketones is 1. The number of fused-ring (bicyclic) bond motifs is 2. The van der Waals surface area contributed by atoms with E-state index in [0.29, 0.717) is 51.0 Å². The van der Waals surface area contributed by atoms with Crippen LogP contribution < -0.4 is 4.90 Å². The van der Waals surface area contributed by atoms with Gasteiger partial charge in [-0.25, -0.2) is 14.7 Å². The van der Waals surface area contributed by atoms with E-state index in [2.05, 4.69) is 15.9 Å². The van der Waals surface area contributed by atoms with E-state index in [1.807, 2.05) is 25.1 Å². The molecule has 1 aliphatic rings. The van der Waals surface area contributed by atoms with Crippen LogP contribution in [-0.4, -0.2) is 35.2 Å². The fourth-order valence-electron chi connectivity index (χ4n) is 5.07. The zero-order chi connectivity index (χ0) is 29.4. The molecule has 0 radical (unpaired) electrons. The highest BCUT2D eigenvalue weighted by molar-refractivity contribution is 9.10. The van der Waals surface area contributed by atoms with Crippen LogP contribution in [-0.2, 0) is 11.2 Å². The number of carbonyl (C=O) groups is 4. The number of aryl methyl sites for hydroxylation is 1. The minimum atomic E-state index is -0.643. The maximum atomic E-state index is 13.4. The van der Waals surface area contributed by atoms with Gasteiger partial charge in [-0.3, -0.25) is 14.4 Å². The molecule has 4 aromatic carbocycles. The van der Waals surface area contributed by atoms with Crippen LogP contribution in [0.25, 0.3) is 22.2 Å². The Morgan fingerprint density at radius 2 is 1.48 bits per heavy atom. The molecule has 6 rings (SSSR count). The van der Waals surface area contributed by atoms with E-state index < -0.39 is 12.6 Å². The number of Topliss-reactive ketones (excluding diaryl/α,β-unsaturated/α-hetero) is 1. The van der Waals surface area contributed by atoms with Gasteiger partial charge in [0.2, 0.25) is 0 Å². The molecular weight excluding hydrogens is 596 g/mol. The van der Waals surface area contributed by atoms with Crippen molar-refractivity contribution in [3.63, 3.8) is 0 Å². The number of hydrogen-bond acceptors (Lipinski definition) is 6. The van der Waals surface area contributed by atoms with Crippen molar-refractivity contribution in [2.45, 2.75) is 13.3 Å². The minimum Gasteiger partial charge on any atom is -0.454 e. The van der Waals surface area contributed by atoms with Crippen LogP contribution in [0.2, 0.25) is 0 Å². The molecule has 1 aromatic heterocycles. The van der Waals surface area contributed by atoms with Crippen LogP contribution in [0.4, 0.5) is 5.69 Å². The molecule has 206 valence electrons. The maximum Gasteiger partial charge on any atom is 0.339 e. The number of halogens is 1. The molecule has 1 aliphatic heterocycles. The van der Waals surface area contributed by atoms with Crippen molar-refractivity contribution in [1.82, 2.24) is 4.98 Å². The van der Waals surface area contributed by atoms with Gasteiger partial charge < -0.3 is 4.74 Å². The van der Waals surface area contributed by atoms with E-state index in [9.17, 15) is 19.2 Å². The van der Waals surface area contributed by atoms with Crippen molar-refractivity contribution in [3.8, 4) is 11.3 Å². The van der Waals surface area contributed by atoms with Crippen molar-refractivity contribution in [2.24, 2.45) is 0 Å². The average molecular weight is 619 g/mol. The van der Waals surface area contributed by atoms with Crippen molar-refractivity contribution in [1.29, 1.82) is 0 Å². The Labute approximate surface area is 249 Å². The smallest absolute Gasteiger partial charge is 0.339 e. The van der Waals surface area contributed by atoms with Crippen LogP contribution >= 0.6 is 15.9 Å². The van der Waals surface area contributed by atoms with Gasteiger partial charge >= 0.3 is 5.97 Å². The molecule has 0 unspecified atom stereocenters. The van der Waals surface area contributed by atoms with Crippen LogP contribution in [0.5, 0.6) is 0 Å². The second kappa shape index (κ2) is 11.1. The first-order valence-corrected chi connectivity index (χ1v) is 14.1. The van der Waals surface area contributed by atoms with Gasteiger partial charge in [0.25, 0.3) is 11.8 Å². The van der Waals surface area contributed by atoms with E-state index in [4.69, 9.17) is 9.72 Å². The average Bonchev–Trinajstić information content (AvgIpc) is 3.28. The first kappa shape index (κ1) is 27.2. The molecule has 42 heavy (non-hydrogen) atoms. The van der Waals surface area contributed by atoms with Crippen molar-refractivity contribution in [2.75, 3.05) is 11.5 Å². The number of benzene rings is 4. The zero-order valence-electron chi connectivity index (χ0n) is 22.5. The number of aromatic nitrogens is 1. The standard InChI is InChI=1S/C34H23BrN2O5/c1-2-20-16-23(35)17-27-28(34(41)42-19-30(38)22-8-4-3-5-9-22)18-29(36-31(20)27)21-12-14-24(15-13-21)37-32(39)25-10-6-7-11-26(25)33(37)40/h3-18H,2,19H2,1H3. The van der Waals surface area contributed by atoms with Crippen molar-refractivity contribution in [3.05, 3.63) is 129 Å². The largest absolute Gasteiger partial charge is 0.454 e. The molecule has 0 aliphatic carbocycles. The number of amides is 2. The number of anilines is 1. The predicted molar refractivity (Wildman–Crippen MR) is 163 cm³/mol. The van der Waals surface area contributed by atoms with Gasteiger partial charge in [-0.05, 0) is 54.4 Å². The van der Waals surface area contributed by atoms with Gasteiger partial charge in [0.15, 0.2) is 12.4 Å². The molecular formula is C34H23BrN2O5. The maximum absolute atomic E-state index is 13.4. The Bertz CT molecular complexity index is 1870. The summed E-state index contributed by atoms with van der Waals surface area (Å²) < 4.78 is 6.28. The Morgan fingerprint density at radius 1 is 0.833 bits per heavy atom. The van der Waals surface area contributed by atoms with E-state index in [1.54, 1.807) is 78.9 Å². The van der Waals surface area contributed by atoms with Gasteiger partial charge in [0.1, 0.15) is 0 Å². The third-order valence-corrected chi connectivity index (χ3v) is 7.66. The summed E-state index contributed by atoms with van der Waals surface area (Å²) in [6.45, 7) is 1.61. The van der Waals surface area contributed by atoms with Crippen LogP contribution in [0.15, 0.2) is 102 Å². The van der Waals surface area contributed by atoms with Crippen molar-refractivity contribution < 1.29 is 23.9 Å². The molecule has 0 fully saturated rings. The Hall–Kier alpha value is -4.95. The lowest BCUT2D eigenvalue weighted by atomic mass is 10.0. The fraction of sp³-hybridized carbons (Fsp3) is 0.0882. The molecule has 2 amide bonds. The number of pyridine rings is 1. The molecule has 0 spiro atoms. The third-order valence-electron chi connectivity index (χ3n) is 7.20. The molecule has 0 bridgehead atoms. The summed E-state index contributed by atoms with van der Waals surface area (Å²) in [5.41, 5.74) is 4.66. The first-order valence-electron chi connectivity index (χ1n) is 13.3.